The lowest BCUT2D eigenvalue weighted by Gasteiger charge is -2.12. The summed E-state index contributed by atoms with van der Waals surface area (Å²) in [5.41, 5.74) is 6.45. The minimum absolute atomic E-state index is 0.562. The van der Waals surface area contributed by atoms with Crippen molar-refractivity contribution in [1.82, 2.24) is 5.43 Å². The van der Waals surface area contributed by atoms with Gasteiger partial charge in [0.15, 0.2) is 0 Å². The molecule has 0 spiro atoms. The van der Waals surface area contributed by atoms with Gasteiger partial charge in [0.05, 0.1) is 0 Å². The van der Waals surface area contributed by atoms with Crippen LogP contribution < -0.4 is 5.43 Å². The Bertz CT molecular complexity index is 660. The van der Waals surface area contributed by atoms with Crippen LogP contribution in [0.4, 0.5) is 4.79 Å². The van der Waals surface area contributed by atoms with Gasteiger partial charge in [-0.25, -0.2) is 4.79 Å². The highest BCUT2D eigenvalue weighted by molar-refractivity contribution is 6.55. The molecular formula is C15H10N3O. The van der Waals surface area contributed by atoms with E-state index in [1.807, 2.05) is 60.7 Å². The Hall–Kier alpha value is -2.75. The second-order valence-corrected chi connectivity index (χ2v) is 4.02. The maximum Gasteiger partial charge on any atom is 0.386 e. The molecule has 1 radical (unpaired) electrons. The summed E-state index contributed by atoms with van der Waals surface area (Å²) in [6.07, 6.45) is 0. The van der Waals surface area contributed by atoms with Crippen molar-refractivity contribution >= 4 is 17.5 Å². The number of rotatable bonds is 2. The Labute approximate surface area is 110 Å². The first-order valence-corrected chi connectivity index (χ1v) is 5.87. The molecule has 0 aliphatic carbocycles. The highest BCUT2D eigenvalue weighted by atomic mass is 16.2. The summed E-state index contributed by atoms with van der Waals surface area (Å²) < 4.78 is 0. The van der Waals surface area contributed by atoms with E-state index in [0.717, 1.165) is 11.1 Å². The second-order valence-electron chi connectivity index (χ2n) is 4.02. The normalized spacial score (nSPS) is 14.4. The van der Waals surface area contributed by atoms with Crippen molar-refractivity contribution in [3.63, 3.8) is 0 Å². The van der Waals surface area contributed by atoms with Crippen molar-refractivity contribution < 1.29 is 4.79 Å². The summed E-state index contributed by atoms with van der Waals surface area (Å²) in [7, 11) is 0. The van der Waals surface area contributed by atoms with Gasteiger partial charge in [-0.3, -0.25) is 0 Å². The van der Waals surface area contributed by atoms with Crippen LogP contribution in [0, 0.1) is 0 Å². The van der Waals surface area contributed by atoms with Crippen LogP contribution in [-0.2, 0) is 0 Å². The molecule has 0 fully saturated rings. The van der Waals surface area contributed by atoms with Crippen LogP contribution in [0.3, 0.4) is 0 Å². The largest absolute Gasteiger partial charge is 0.386 e. The van der Waals surface area contributed by atoms with Crippen LogP contribution in [0.5, 0.6) is 0 Å². The molecule has 19 heavy (non-hydrogen) atoms. The molecule has 1 heterocycles. The molecule has 0 bridgehead atoms. The van der Waals surface area contributed by atoms with Crippen LogP contribution in [0.1, 0.15) is 11.1 Å². The summed E-state index contributed by atoms with van der Waals surface area (Å²) in [5.74, 6) is 0. The van der Waals surface area contributed by atoms with Crippen LogP contribution in [0.15, 0.2) is 70.8 Å². The van der Waals surface area contributed by atoms with Gasteiger partial charge in [0.25, 0.3) is 0 Å². The SMILES string of the molecule is O=C1[N]N=C(c2ccccc2)C(c2ccccc2)=N1. The molecule has 0 unspecified atom stereocenters. The van der Waals surface area contributed by atoms with Gasteiger partial charge in [0, 0.05) is 11.1 Å². The number of amides is 2. The zero-order valence-electron chi connectivity index (χ0n) is 10.0. The van der Waals surface area contributed by atoms with Gasteiger partial charge in [-0.1, -0.05) is 66.1 Å². The maximum atomic E-state index is 11.4. The van der Waals surface area contributed by atoms with E-state index in [2.05, 4.69) is 15.5 Å². The molecule has 1 aliphatic rings. The number of carbonyl (C=O) groups excluding carboxylic acids is 1. The first kappa shape index (κ1) is 11.3. The Morgan fingerprint density at radius 3 is 1.79 bits per heavy atom. The third kappa shape index (κ3) is 2.28. The highest BCUT2D eigenvalue weighted by Gasteiger charge is 2.20. The average Bonchev–Trinajstić information content (AvgIpc) is 2.49. The second kappa shape index (κ2) is 4.86. The van der Waals surface area contributed by atoms with Crippen molar-refractivity contribution in [2.45, 2.75) is 0 Å². The molecule has 4 heteroatoms. The summed E-state index contributed by atoms with van der Waals surface area (Å²) in [5, 5.41) is 4.00. The van der Waals surface area contributed by atoms with Gasteiger partial charge >= 0.3 is 6.03 Å². The number of urea groups is 1. The Morgan fingerprint density at radius 2 is 1.21 bits per heavy atom. The molecule has 4 nitrogen and oxygen atoms in total. The average molecular weight is 248 g/mol. The predicted molar refractivity (Wildman–Crippen MR) is 73.5 cm³/mol. The van der Waals surface area contributed by atoms with Crippen molar-refractivity contribution in [3.05, 3.63) is 71.8 Å². The standard InChI is InChI=1S/C15H10N3O/c19-15-16-13(11-7-3-1-4-8-11)14(17-18-15)12-9-5-2-6-10-12/h1-10H. The summed E-state index contributed by atoms with van der Waals surface area (Å²) in [4.78, 5) is 15.4. The quantitative estimate of drug-likeness (QED) is 0.805. The predicted octanol–water partition coefficient (Wildman–Crippen LogP) is 2.62. The van der Waals surface area contributed by atoms with Gasteiger partial charge in [-0.05, 0) is 0 Å². The number of nitrogens with zero attached hydrogens (tertiary/aromatic N) is 3. The molecule has 0 saturated heterocycles. The molecule has 2 amide bonds. The zero-order chi connectivity index (χ0) is 13.1. The topological polar surface area (TPSA) is 55.9 Å². The lowest BCUT2D eigenvalue weighted by molar-refractivity contribution is 0.249. The molecule has 91 valence electrons. The fourth-order valence-electron chi connectivity index (χ4n) is 1.90. The monoisotopic (exact) mass is 248 g/mol. The van der Waals surface area contributed by atoms with E-state index in [1.54, 1.807) is 0 Å². The minimum Gasteiger partial charge on any atom is -0.242 e. The Morgan fingerprint density at radius 1 is 0.684 bits per heavy atom. The van der Waals surface area contributed by atoms with E-state index >= 15 is 0 Å². The van der Waals surface area contributed by atoms with Gasteiger partial charge in [0.1, 0.15) is 11.4 Å². The maximum absolute atomic E-state index is 11.4. The fourth-order valence-corrected chi connectivity index (χ4v) is 1.90. The molecule has 1 aliphatic heterocycles. The lowest BCUT2D eigenvalue weighted by atomic mass is 9.99. The first-order chi connectivity index (χ1) is 9.34. The van der Waals surface area contributed by atoms with Crippen molar-refractivity contribution in [2.75, 3.05) is 0 Å². The van der Waals surface area contributed by atoms with Crippen LogP contribution in [0.25, 0.3) is 0 Å². The minimum atomic E-state index is -0.571. The number of hydrogen-bond donors (Lipinski definition) is 0. The van der Waals surface area contributed by atoms with E-state index in [9.17, 15) is 4.79 Å². The van der Waals surface area contributed by atoms with E-state index in [0.29, 0.717) is 11.4 Å². The molecule has 0 saturated carbocycles. The Balaban J connectivity index is 2.09. The third-order valence-corrected chi connectivity index (χ3v) is 2.76. The first-order valence-electron chi connectivity index (χ1n) is 5.87. The molecular weight excluding hydrogens is 238 g/mol. The van der Waals surface area contributed by atoms with Crippen molar-refractivity contribution in [1.29, 1.82) is 0 Å². The van der Waals surface area contributed by atoms with E-state index in [1.165, 1.54) is 0 Å². The fraction of sp³-hybridized carbons (Fsp3) is 0. The van der Waals surface area contributed by atoms with Gasteiger partial charge < -0.3 is 0 Å². The van der Waals surface area contributed by atoms with Crippen LogP contribution in [-0.4, -0.2) is 17.5 Å². The third-order valence-electron chi connectivity index (χ3n) is 2.76. The van der Waals surface area contributed by atoms with Crippen molar-refractivity contribution in [3.8, 4) is 0 Å². The number of aliphatic imine (C=N–C) groups is 1. The molecule has 0 N–H and O–H groups in total. The van der Waals surface area contributed by atoms with Crippen LogP contribution >= 0.6 is 0 Å². The molecule has 0 atom stereocenters. The summed E-state index contributed by atoms with van der Waals surface area (Å²) >= 11 is 0. The molecule has 2 aromatic carbocycles. The van der Waals surface area contributed by atoms with E-state index < -0.39 is 6.03 Å². The molecule has 2 aromatic rings. The Kier molecular flexibility index (Phi) is 2.90. The van der Waals surface area contributed by atoms with Gasteiger partial charge in [0.2, 0.25) is 0 Å². The van der Waals surface area contributed by atoms with Crippen LogP contribution in [0.2, 0.25) is 0 Å². The summed E-state index contributed by atoms with van der Waals surface area (Å²) in [6.45, 7) is 0. The number of hydrogen-bond acceptors (Lipinski definition) is 2. The van der Waals surface area contributed by atoms with Gasteiger partial charge in [-0.15, -0.1) is 5.10 Å². The molecule has 0 aromatic heterocycles. The van der Waals surface area contributed by atoms with E-state index in [-0.39, 0.29) is 0 Å². The smallest absolute Gasteiger partial charge is 0.242 e. The summed E-state index contributed by atoms with van der Waals surface area (Å²) in [6, 6.07) is 18.5. The molecule has 3 rings (SSSR count). The number of carbonyl (C=O) groups is 1. The zero-order valence-corrected chi connectivity index (χ0v) is 10.0. The number of benzene rings is 2. The highest BCUT2D eigenvalue weighted by Crippen LogP contribution is 2.12. The van der Waals surface area contributed by atoms with Crippen molar-refractivity contribution in [2.24, 2.45) is 10.1 Å². The van der Waals surface area contributed by atoms with Gasteiger partial charge in [-0.2, -0.15) is 4.99 Å². The lowest BCUT2D eigenvalue weighted by Crippen LogP contribution is -2.26. The van der Waals surface area contributed by atoms with E-state index in [4.69, 9.17) is 0 Å².